The molecule has 4 nitrogen and oxygen atoms in total. The van der Waals surface area contributed by atoms with Gasteiger partial charge in [0.05, 0.1) is 11.6 Å². The molecular formula is C13H19Cl2NO3S. The monoisotopic (exact) mass is 339 g/mol. The number of aliphatic hydroxyl groups excluding tert-OH is 1. The van der Waals surface area contributed by atoms with Crippen LogP contribution in [-0.4, -0.2) is 30.9 Å². The van der Waals surface area contributed by atoms with E-state index >= 15 is 0 Å². The molecule has 0 saturated heterocycles. The second kappa shape index (κ2) is 7.61. The zero-order valence-corrected chi connectivity index (χ0v) is 13.9. The summed E-state index contributed by atoms with van der Waals surface area (Å²) in [5.74, 6) is 0. The Kier molecular flexibility index (Phi) is 6.75. The Morgan fingerprint density at radius 2 is 1.70 bits per heavy atom. The van der Waals surface area contributed by atoms with Crippen LogP contribution in [0.1, 0.15) is 32.3 Å². The molecule has 7 heteroatoms. The molecule has 0 bridgehead atoms. The fourth-order valence-electron chi connectivity index (χ4n) is 1.91. The Balaban J connectivity index is 3.34. The quantitative estimate of drug-likeness (QED) is 0.829. The van der Waals surface area contributed by atoms with Gasteiger partial charge in [0.25, 0.3) is 0 Å². The van der Waals surface area contributed by atoms with Crippen LogP contribution >= 0.6 is 23.2 Å². The van der Waals surface area contributed by atoms with Crippen molar-refractivity contribution >= 4 is 33.2 Å². The molecular weight excluding hydrogens is 321 g/mol. The SMILES string of the molecule is CCCN(CCC)S(=O)(=O)c1ccc(Cl)c(CO)c1Cl. The lowest BCUT2D eigenvalue weighted by molar-refractivity contribution is 0.281. The maximum atomic E-state index is 12.6. The highest BCUT2D eigenvalue weighted by molar-refractivity contribution is 7.89. The van der Waals surface area contributed by atoms with Gasteiger partial charge in [0.1, 0.15) is 4.90 Å². The van der Waals surface area contributed by atoms with Crippen LogP contribution in [0.3, 0.4) is 0 Å². The van der Waals surface area contributed by atoms with Crippen molar-refractivity contribution in [2.45, 2.75) is 38.2 Å². The third kappa shape index (κ3) is 3.65. The second-order valence-corrected chi connectivity index (χ2v) is 7.09. The molecule has 114 valence electrons. The van der Waals surface area contributed by atoms with Gasteiger partial charge in [-0.2, -0.15) is 4.31 Å². The average molecular weight is 340 g/mol. The molecule has 0 saturated carbocycles. The van der Waals surface area contributed by atoms with Crippen LogP contribution in [0.5, 0.6) is 0 Å². The molecule has 1 N–H and O–H groups in total. The maximum Gasteiger partial charge on any atom is 0.244 e. The zero-order valence-electron chi connectivity index (χ0n) is 11.6. The van der Waals surface area contributed by atoms with Crippen LogP contribution in [0.2, 0.25) is 10.0 Å². The number of aliphatic hydroxyl groups is 1. The van der Waals surface area contributed by atoms with Crippen LogP contribution in [0.15, 0.2) is 17.0 Å². The molecule has 0 spiro atoms. The maximum absolute atomic E-state index is 12.6. The topological polar surface area (TPSA) is 57.6 Å². The van der Waals surface area contributed by atoms with E-state index in [1.54, 1.807) is 0 Å². The van der Waals surface area contributed by atoms with E-state index in [0.29, 0.717) is 13.1 Å². The Morgan fingerprint density at radius 3 is 2.15 bits per heavy atom. The standard InChI is InChI=1S/C13H19Cl2NO3S/c1-3-7-16(8-4-2)20(18,19)12-6-5-11(14)10(9-17)13(12)15/h5-6,17H,3-4,7-9H2,1-2H3. The Bertz CT molecular complexity index is 555. The van der Waals surface area contributed by atoms with Crippen molar-refractivity contribution in [1.29, 1.82) is 0 Å². The number of sulfonamides is 1. The van der Waals surface area contributed by atoms with Gasteiger partial charge < -0.3 is 5.11 Å². The first kappa shape index (κ1) is 17.7. The van der Waals surface area contributed by atoms with Crippen molar-refractivity contribution in [3.63, 3.8) is 0 Å². The lowest BCUT2D eigenvalue weighted by Gasteiger charge is -2.22. The van der Waals surface area contributed by atoms with Crippen molar-refractivity contribution in [2.24, 2.45) is 0 Å². The summed E-state index contributed by atoms with van der Waals surface area (Å²) in [7, 11) is -3.67. The first-order chi connectivity index (χ1) is 9.39. The second-order valence-electron chi connectivity index (χ2n) is 4.40. The first-order valence-corrected chi connectivity index (χ1v) is 8.67. The summed E-state index contributed by atoms with van der Waals surface area (Å²) < 4.78 is 26.7. The van der Waals surface area contributed by atoms with Crippen molar-refractivity contribution in [3.8, 4) is 0 Å². The fourth-order valence-corrected chi connectivity index (χ4v) is 4.41. The van der Waals surface area contributed by atoms with E-state index < -0.39 is 16.6 Å². The predicted octanol–water partition coefficient (Wildman–Crippen LogP) is 3.30. The molecule has 0 aliphatic heterocycles. The molecule has 0 aliphatic carbocycles. The van der Waals surface area contributed by atoms with Crippen LogP contribution in [0.4, 0.5) is 0 Å². The average Bonchev–Trinajstić information content (AvgIpc) is 2.38. The van der Waals surface area contributed by atoms with Crippen molar-refractivity contribution in [2.75, 3.05) is 13.1 Å². The van der Waals surface area contributed by atoms with Crippen LogP contribution in [-0.2, 0) is 16.6 Å². The highest BCUT2D eigenvalue weighted by Gasteiger charge is 2.27. The van der Waals surface area contributed by atoms with Gasteiger partial charge in [-0.1, -0.05) is 37.0 Å². The Morgan fingerprint density at radius 1 is 1.15 bits per heavy atom. The molecule has 0 heterocycles. The van der Waals surface area contributed by atoms with Gasteiger partial charge in [-0.3, -0.25) is 0 Å². The van der Waals surface area contributed by atoms with E-state index in [1.165, 1.54) is 16.4 Å². The Labute approximate surface area is 130 Å². The summed E-state index contributed by atoms with van der Waals surface area (Å²) in [6.45, 7) is 4.30. The van der Waals surface area contributed by atoms with Gasteiger partial charge in [-0.15, -0.1) is 0 Å². The van der Waals surface area contributed by atoms with Gasteiger partial charge in [0, 0.05) is 23.7 Å². The molecule has 0 amide bonds. The minimum absolute atomic E-state index is 0.00259. The summed E-state index contributed by atoms with van der Waals surface area (Å²) in [5, 5.41) is 9.51. The van der Waals surface area contributed by atoms with Crippen LogP contribution in [0.25, 0.3) is 0 Å². The molecule has 1 aromatic carbocycles. The molecule has 0 unspecified atom stereocenters. The number of hydrogen-bond donors (Lipinski definition) is 1. The van der Waals surface area contributed by atoms with E-state index in [1.807, 2.05) is 13.8 Å². The van der Waals surface area contributed by atoms with Crippen LogP contribution in [0, 0.1) is 0 Å². The van der Waals surface area contributed by atoms with Crippen LogP contribution < -0.4 is 0 Å². The van der Waals surface area contributed by atoms with Crippen molar-refractivity contribution in [1.82, 2.24) is 4.31 Å². The molecule has 0 aliphatic rings. The van der Waals surface area contributed by atoms with E-state index in [0.717, 1.165) is 12.8 Å². The summed E-state index contributed by atoms with van der Waals surface area (Å²) >= 11 is 12.0. The van der Waals surface area contributed by atoms with E-state index in [2.05, 4.69) is 0 Å². The molecule has 1 rings (SSSR count). The summed E-state index contributed by atoms with van der Waals surface area (Å²) in [5.41, 5.74) is 0.238. The minimum atomic E-state index is -3.67. The molecule has 0 aromatic heterocycles. The smallest absolute Gasteiger partial charge is 0.244 e. The minimum Gasteiger partial charge on any atom is -0.392 e. The van der Waals surface area contributed by atoms with E-state index in [4.69, 9.17) is 23.2 Å². The predicted molar refractivity (Wildman–Crippen MR) is 81.7 cm³/mol. The lowest BCUT2D eigenvalue weighted by Crippen LogP contribution is -2.32. The van der Waals surface area contributed by atoms with Crippen molar-refractivity contribution < 1.29 is 13.5 Å². The van der Waals surface area contributed by atoms with E-state index in [9.17, 15) is 13.5 Å². The lowest BCUT2D eigenvalue weighted by atomic mass is 10.2. The first-order valence-electron chi connectivity index (χ1n) is 6.48. The number of benzene rings is 1. The number of hydrogen-bond acceptors (Lipinski definition) is 3. The number of nitrogens with zero attached hydrogens (tertiary/aromatic N) is 1. The zero-order chi connectivity index (χ0) is 15.3. The molecule has 0 fully saturated rings. The van der Waals surface area contributed by atoms with Gasteiger partial charge in [-0.25, -0.2) is 8.42 Å². The summed E-state index contributed by atoms with van der Waals surface area (Å²) in [6.07, 6.45) is 1.44. The molecule has 0 atom stereocenters. The molecule has 0 radical (unpaired) electrons. The van der Waals surface area contributed by atoms with Crippen molar-refractivity contribution in [3.05, 3.63) is 27.7 Å². The van der Waals surface area contributed by atoms with E-state index in [-0.39, 0.29) is 20.5 Å². The van der Waals surface area contributed by atoms with Gasteiger partial charge in [0.15, 0.2) is 0 Å². The number of rotatable bonds is 7. The third-order valence-electron chi connectivity index (χ3n) is 2.87. The van der Waals surface area contributed by atoms with Gasteiger partial charge >= 0.3 is 0 Å². The normalized spacial score (nSPS) is 12.1. The van der Waals surface area contributed by atoms with Gasteiger partial charge in [0.2, 0.25) is 10.0 Å². The highest BCUT2D eigenvalue weighted by atomic mass is 35.5. The summed E-state index contributed by atoms with van der Waals surface area (Å²) in [4.78, 5) is -0.00508. The fraction of sp³-hybridized carbons (Fsp3) is 0.538. The highest BCUT2D eigenvalue weighted by Crippen LogP contribution is 2.32. The molecule has 1 aromatic rings. The summed E-state index contributed by atoms with van der Waals surface area (Å²) in [6, 6.07) is 2.83. The van der Waals surface area contributed by atoms with Gasteiger partial charge in [-0.05, 0) is 25.0 Å². The number of halogens is 2. The third-order valence-corrected chi connectivity index (χ3v) is 5.71. The molecule has 20 heavy (non-hydrogen) atoms. The Hall–Kier alpha value is -0.330. The largest absolute Gasteiger partial charge is 0.392 e.